The number of methoxy groups -OCH3 is 1. The van der Waals surface area contributed by atoms with Gasteiger partial charge in [0.15, 0.2) is 0 Å². The van der Waals surface area contributed by atoms with Crippen LogP contribution in [-0.2, 0) is 4.79 Å². The molecule has 1 amide bonds. The van der Waals surface area contributed by atoms with Crippen molar-refractivity contribution in [1.29, 1.82) is 0 Å². The van der Waals surface area contributed by atoms with Crippen LogP contribution in [0.15, 0.2) is 54.6 Å². The number of nitrogens with one attached hydrogen (secondary N) is 1. The lowest BCUT2D eigenvalue weighted by Crippen LogP contribution is -2.07. The first-order valence-corrected chi connectivity index (χ1v) is 6.10. The second-order valence-corrected chi connectivity index (χ2v) is 4.11. The lowest BCUT2D eigenvalue weighted by molar-refractivity contribution is -0.111. The van der Waals surface area contributed by atoms with E-state index in [0.29, 0.717) is 11.4 Å². The van der Waals surface area contributed by atoms with Crippen LogP contribution in [0.5, 0.6) is 11.5 Å². The number of hydrogen-bond donors (Lipinski definition) is 2. The smallest absolute Gasteiger partial charge is 0.248 e. The Bertz CT molecular complexity index is 618. The number of anilines is 1. The molecule has 2 aromatic carbocycles. The minimum Gasteiger partial charge on any atom is -0.508 e. The summed E-state index contributed by atoms with van der Waals surface area (Å²) in [6.45, 7) is 0. The predicted octanol–water partition coefficient (Wildman–Crippen LogP) is 3.05. The first-order chi connectivity index (χ1) is 9.69. The zero-order valence-corrected chi connectivity index (χ0v) is 11.0. The molecule has 4 nitrogen and oxygen atoms in total. The van der Waals surface area contributed by atoms with Crippen molar-refractivity contribution in [3.05, 3.63) is 60.2 Å². The monoisotopic (exact) mass is 269 g/mol. The van der Waals surface area contributed by atoms with Gasteiger partial charge in [0.25, 0.3) is 0 Å². The van der Waals surface area contributed by atoms with E-state index in [4.69, 9.17) is 9.84 Å². The number of ether oxygens (including phenoxy) is 1. The maximum absolute atomic E-state index is 11.8. The third kappa shape index (κ3) is 3.62. The van der Waals surface area contributed by atoms with Crippen LogP contribution in [0.2, 0.25) is 0 Å². The van der Waals surface area contributed by atoms with Gasteiger partial charge in [0.1, 0.15) is 11.5 Å². The standard InChI is InChI=1S/C16H15NO3/c1-20-15-5-3-2-4-12(15)6-11-16(19)17-13-7-9-14(18)10-8-13/h2-11,18H,1H3,(H,17,19)/b11-6+. The molecule has 2 rings (SSSR count). The zero-order chi connectivity index (χ0) is 14.4. The molecule has 0 aliphatic carbocycles. The predicted molar refractivity (Wildman–Crippen MR) is 78.8 cm³/mol. The molecule has 0 radical (unpaired) electrons. The maximum atomic E-state index is 11.8. The molecule has 0 heterocycles. The second-order valence-electron chi connectivity index (χ2n) is 4.11. The fourth-order valence-electron chi connectivity index (χ4n) is 1.70. The Morgan fingerprint density at radius 3 is 2.55 bits per heavy atom. The quantitative estimate of drug-likeness (QED) is 0.662. The molecule has 0 spiro atoms. The summed E-state index contributed by atoms with van der Waals surface area (Å²) in [6.07, 6.45) is 3.12. The fourth-order valence-corrected chi connectivity index (χ4v) is 1.70. The Kier molecular flexibility index (Phi) is 4.39. The van der Waals surface area contributed by atoms with Crippen LogP contribution < -0.4 is 10.1 Å². The van der Waals surface area contributed by atoms with Crippen LogP contribution in [0.25, 0.3) is 6.08 Å². The summed E-state index contributed by atoms with van der Waals surface area (Å²) in [4.78, 5) is 11.8. The van der Waals surface area contributed by atoms with Crippen molar-refractivity contribution in [3.63, 3.8) is 0 Å². The number of phenolic OH excluding ortho intramolecular Hbond substituents is 1. The average Bonchev–Trinajstić information content (AvgIpc) is 2.48. The lowest BCUT2D eigenvalue weighted by atomic mass is 10.2. The Morgan fingerprint density at radius 1 is 1.15 bits per heavy atom. The molecular formula is C16H15NO3. The van der Waals surface area contributed by atoms with Gasteiger partial charge in [0.05, 0.1) is 7.11 Å². The van der Waals surface area contributed by atoms with Crippen LogP contribution in [0.1, 0.15) is 5.56 Å². The van der Waals surface area contributed by atoms with E-state index >= 15 is 0 Å². The number of phenols is 1. The van der Waals surface area contributed by atoms with E-state index < -0.39 is 0 Å². The van der Waals surface area contributed by atoms with Gasteiger partial charge in [-0.05, 0) is 36.4 Å². The first kappa shape index (κ1) is 13.7. The minimum absolute atomic E-state index is 0.160. The third-order valence-electron chi connectivity index (χ3n) is 2.69. The van der Waals surface area contributed by atoms with Crippen LogP contribution in [0.4, 0.5) is 5.69 Å². The van der Waals surface area contributed by atoms with Crippen molar-refractivity contribution in [1.82, 2.24) is 0 Å². The third-order valence-corrected chi connectivity index (χ3v) is 2.69. The maximum Gasteiger partial charge on any atom is 0.248 e. The van der Waals surface area contributed by atoms with Gasteiger partial charge in [-0.2, -0.15) is 0 Å². The molecular weight excluding hydrogens is 254 g/mol. The number of benzene rings is 2. The number of para-hydroxylation sites is 1. The van der Waals surface area contributed by atoms with Crippen molar-refractivity contribution in [3.8, 4) is 11.5 Å². The van der Waals surface area contributed by atoms with Gasteiger partial charge in [-0.1, -0.05) is 18.2 Å². The van der Waals surface area contributed by atoms with E-state index in [9.17, 15) is 4.79 Å². The number of hydrogen-bond acceptors (Lipinski definition) is 3. The molecule has 0 saturated heterocycles. The van der Waals surface area contributed by atoms with Crippen molar-refractivity contribution < 1.29 is 14.6 Å². The van der Waals surface area contributed by atoms with Crippen molar-refractivity contribution in [2.24, 2.45) is 0 Å². The molecule has 0 atom stereocenters. The topological polar surface area (TPSA) is 58.6 Å². The lowest BCUT2D eigenvalue weighted by Gasteiger charge is -2.04. The van der Waals surface area contributed by atoms with Gasteiger partial charge in [-0.15, -0.1) is 0 Å². The summed E-state index contributed by atoms with van der Waals surface area (Å²) in [7, 11) is 1.59. The number of carbonyl (C=O) groups excluding carboxylic acids is 1. The molecule has 2 aromatic rings. The van der Waals surface area contributed by atoms with Crippen LogP contribution in [0, 0.1) is 0 Å². The van der Waals surface area contributed by atoms with Crippen LogP contribution in [-0.4, -0.2) is 18.1 Å². The molecule has 0 unspecified atom stereocenters. The highest BCUT2D eigenvalue weighted by Gasteiger charge is 2.00. The summed E-state index contributed by atoms with van der Waals surface area (Å²) >= 11 is 0. The van der Waals surface area contributed by atoms with Crippen LogP contribution >= 0.6 is 0 Å². The molecule has 0 saturated carbocycles. The normalized spacial score (nSPS) is 10.4. The molecule has 0 fully saturated rings. The largest absolute Gasteiger partial charge is 0.508 e. The number of aromatic hydroxyl groups is 1. The van der Waals surface area contributed by atoms with Gasteiger partial charge in [-0.3, -0.25) is 4.79 Å². The number of carbonyl (C=O) groups is 1. The van der Waals surface area contributed by atoms with Crippen LogP contribution in [0.3, 0.4) is 0 Å². The highest BCUT2D eigenvalue weighted by Crippen LogP contribution is 2.19. The van der Waals surface area contributed by atoms with Crippen molar-refractivity contribution in [2.45, 2.75) is 0 Å². The SMILES string of the molecule is COc1ccccc1/C=C/C(=O)Nc1ccc(O)cc1. The molecule has 0 bridgehead atoms. The van der Waals surface area contributed by atoms with E-state index in [2.05, 4.69) is 5.32 Å². The van der Waals surface area contributed by atoms with Gasteiger partial charge in [0, 0.05) is 17.3 Å². The Labute approximate surface area is 117 Å². The van der Waals surface area contributed by atoms with Gasteiger partial charge >= 0.3 is 0 Å². The molecule has 102 valence electrons. The molecule has 20 heavy (non-hydrogen) atoms. The molecule has 0 aromatic heterocycles. The van der Waals surface area contributed by atoms with E-state index in [0.717, 1.165) is 5.56 Å². The summed E-state index contributed by atoms with van der Waals surface area (Å²) in [5.74, 6) is 0.621. The minimum atomic E-state index is -0.249. The molecule has 4 heteroatoms. The van der Waals surface area contributed by atoms with Gasteiger partial charge in [-0.25, -0.2) is 0 Å². The second kappa shape index (κ2) is 6.43. The number of amides is 1. The van der Waals surface area contributed by atoms with E-state index in [1.165, 1.54) is 18.2 Å². The van der Waals surface area contributed by atoms with Crippen molar-refractivity contribution >= 4 is 17.7 Å². The van der Waals surface area contributed by atoms with E-state index in [1.807, 2.05) is 24.3 Å². The molecule has 0 aliphatic heterocycles. The molecule has 0 aliphatic rings. The first-order valence-electron chi connectivity index (χ1n) is 6.10. The average molecular weight is 269 g/mol. The van der Waals surface area contributed by atoms with Gasteiger partial charge in [0.2, 0.25) is 5.91 Å². The number of rotatable bonds is 4. The summed E-state index contributed by atoms with van der Waals surface area (Å²) in [5, 5.41) is 11.9. The fraction of sp³-hybridized carbons (Fsp3) is 0.0625. The Hall–Kier alpha value is -2.75. The summed E-state index contributed by atoms with van der Waals surface area (Å²) < 4.78 is 5.20. The highest BCUT2D eigenvalue weighted by atomic mass is 16.5. The van der Waals surface area contributed by atoms with E-state index in [1.54, 1.807) is 25.3 Å². The van der Waals surface area contributed by atoms with Crippen molar-refractivity contribution in [2.75, 3.05) is 12.4 Å². The summed E-state index contributed by atoms with van der Waals surface area (Å²) in [6, 6.07) is 13.7. The highest BCUT2D eigenvalue weighted by molar-refractivity contribution is 6.02. The zero-order valence-electron chi connectivity index (χ0n) is 11.0. The Balaban J connectivity index is 2.04. The summed E-state index contributed by atoms with van der Waals surface area (Å²) in [5.41, 5.74) is 1.45. The van der Waals surface area contributed by atoms with E-state index in [-0.39, 0.29) is 11.7 Å². The van der Waals surface area contributed by atoms with Gasteiger partial charge < -0.3 is 15.2 Å². The molecule has 2 N–H and O–H groups in total. The Morgan fingerprint density at radius 2 is 1.85 bits per heavy atom.